The molecule has 0 heterocycles. The van der Waals surface area contributed by atoms with Crippen LogP contribution in [0.4, 0.5) is 27.6 Å². The Bertz CT molecular complexity index is 697. The molecule has 0 aliphatic carbocycles. The van der Waals surface area contributed by atoms with E-state index in [1.807, 2.05) is 30.3 Å². The Morgan fingerprint density at radius 3 is 1.91 bits per heavy atom. The van der Waals surface area contributed by atoms with Crippen LogP contribution in [-0.4, -0.2) is 6.21 Å². The predicted octanol–water partition coefficient (Wildman–Crippen LogP) is 4.49. The van der Waals surface area contributed by atoms with Gasteiger partial charge in [-0.2, -0.15) is 5.10 Å². The lowest BCUT2D eigenvalue weighted by molar-refractivity contribution is 0.381. The molecule has 1 N–H and O–H groups in total. The number of allylic oxidation sites excluding steroid dienone is 1. The van der Waals surface area contributed by atoms with Crippen molar-refractivity contribution in [1.29, 1.82) is 0 Å². The summed E-state index contributed by atoms with van der Waals surface area (Å²) >= 11 is 0. The Kier molecular flexibility index (Phi) is 4.88. The number of nitrogens with one attached hydrogen (secondary N) is 1. The zero-order chi connectivity index (χ0) is 16.1. The zero-order valence-electron chi connectivity index (χ0n) is 11.0. The molecule has 0 amide bonds. The van der Waals surface area contributed by atoms with Gasteiger partial charge >= 0.3 is 0 Å². The highest BCUT2D eigenvalue weighted by atomic mass is 19.2. The van der Waals surface area contributed by atoms with E-state index in [4.69, 9.17) is 0 Å². The molecule has 2 nitrogen and oxygen atoms in total. The highest BCUT2D eigenvalue weighted by Crippen LogP contribution is 2.26. The topological polar surface area (TPSA) is 24.4 Å². The zero-order valence-corrected chi connectivity index (χ0v) is 11.0. The van der Waals surface area contributed by atoms with Crippen molar-refractivity contribution in [2.75, 3.05) is 5.43 Å². The van der Waals surface area contributed by atoms with Gasteiger partial charge in [0, 0.05) is 6.21 Å². The van der Waals surface area contributed by atoms with E-state index in [1.54, 1.807) is 11.5 Å². The number of hydrazone groups is 1. The number of halogens is 5. The van der Waals surface area contributed by atoms with Crippen LogP contribution >= 0.6 is 0 Å². The van der Waals surface area contributed by atoms with Crippen LogP contribution in [0.3, 0.4) is 0 Å². The van der Waals surface area contributed by atoms with Gasteiger partial charge < -0.3 is 0 Å². The molecular weight excluding hydrogens is 303 g/mol. The third-order valence-corrected chi connectivity index (χ3v) is 2.64. The van der Waals surface area contributed by atoms with Crippen molar-refractivity contribution in [3.63, 3.8) is 0 Å². The highest BCUT2D eigenvalue weighted by molar-refractivity contribution is 5.78. The van der Waals surface area contributed by atoms with E-state index in [-0.39, 0.29) is 0 Å². The Balaban J connectivity index is 2.12. The molecule has 0 aromatic heterocycles. The fraction of sp³-hybridized carbons (Fsp3) is 0. The maximum atomic E-state index is 13.3. The van der Waals surface area contributed by atoms with Gasteiger partial charge in [-0.15, -0.1) is 0 Å². The largest absolute Gasteiger partial charge is 0.272 e. The Morgan fingerprint density at radius 2 is 1.32 bits per heavy atom. The molecule has 0 unspecified atom stereocenters. The van der Waals surface area contributed by atoms with Gasteiger partial charge in [-0.3, -0.25) is 5.43 Å². The van der Waals surface area contributed by atoms with Gasteiger partial charge in [-0.05, 0) is 11.6 Å². The molecule has 0 bridgehead atoms. The number of hydrogen-bond donors (Lipinski definition) is 1. The summed E-state index contributed by atoms with van der Waals surface area (Å²) in [6, 6.07) is 9.06. The molecule has 0 radical (unpaired) electrons. The summed E-state index contributed by atoms with van der Waals surface area (Å²) in [4.78, 5) is 0. The van der Waals surface area contributed by atoms with Crippen molar-refractivity contribution in [1.82, 2.24) is 0 Å². The van der Waals surface area contributed by atoms with E-state index < -0.39 is 34.8 Å². The first-order valence-corrected chi connectivity index (χ1v) is 6.04. The van der Waals surface area contributed by atoms with Crippen molar-refractivity contribution >= 4 is 18.0 Å². The van der Waals surface area contributed by atoms with Crippen LogP contribution in [0.1, 0.15) is 5.56 Å². The first-order chi connectivity index (χ1) is 10.5. The minimum atomic E-state index is -2.21. The first-order valence-electron chi connectivity index (χ1n) is 6.04. The van der Waals surface area contributed by atoms with Gasteiger partial charge in [0.05, 0.1) is 0 Å². The smallest absolute Gasteiger partial charge is 0.200 e. The van der Waals surface area contributed by atoms with Crippen LogP contribution in [0.2, 0.25) is 0 Å². The molecule has 0 atom stereocenters. The Labute approximate surface area is 122 Å². The normalized spacial score (nSPS) is 11.5. The molecule has 2 aromatic rings. The van der Waals surface area contributed by atoms with Gasteiger partial charge in [0.1, 0.15) is 5.69 Å². The Hall–Kier alpha value is -2.70. The molecule has 7 heteroatoms. The quantitative estimate of drug-likeness (QED) is 0.290. The second-order valence-corrected chi connectivity index (χ2v) is 4.10. The molecule has 2 rings (SSSR count). The first kappa shape index (κ1) is 15.7. The van der Waals surface area contributed by atoms with E-state index in [0.29, 0.717) is 0 Å². The predicted molar refractivity (Wildman–Crippen MR) is 73.8 cm³/mol. The van der Waals surface area contributed by atoms with Crippen LogP contribution in [0.25, 0.3) is 6.08 Å². The Morgan fingerprint density at radius 1 is 0.773 bits per heavy atom. The van der Waals surface area contributed by atoms with Gasteiger partial charge in [0.25, 0.3) is 0 Å². The second-order valence-electron chi connectivity index (χ2n) is 4.10. The van der Waals surface area contributed by atoms with Gasteiger partial charge in [0.2, 0.25) is 5.82 Å². The van der Waals surface area contributed by atoms with Crippen LogP contribution in [0.15, 0.2) is 41.5 Å². The average Bonchev–Trinajstić information content (AvgIpc) is 2.54. The standard InChI is InChI=1S/C15H9F5N2/c16-10-11(17)13(19)15(14(20)12(10)18)22-21-8-4-7-9-5-2-1-3-6-9/h1-8,22H/b7-4+,21-8-. The summed E-state index contributed by atoms with van der Waals surface area (Å²) in [7, 11) is 0. The van der Waals surface area contributed by atoms with E-state index in [9.17, 15) is 22.0 Å². The summed E-state index contributed by atoms with van der Waals surface area (Å²) in [5, 5.41) is 3.39. The second kappa shape index (κ2) is 6.84. The van der Waals surface area contributed by atoms with Crippen LogP contribution in [-0.2, 0) is 0 Å². The molecule has 0 spiro atoms. The number of hydrogen-bond acceptors (Lipinski definition) is 2. The fourth-order valence-corrected chi connectivity index (χ4v) is 1.57. The van der Waals surface area contributed by atoms with E-state index in [2.05, 4.69) is 5.10 Å². The van der Waals surface area contributed by atoms with Gasteiger partial charge in [-0.1, -0.05) is 36.4 Å². The molecule has 2 aromatic carbocycles. The number of anilines is 1. The maximum Gasteiger partial charge on any atom is 0.200 e. The summed E-state index contributed by atoms with van der Waals surface area (Å²) < 4.78 is 65.3. The molecule has 0 saturated carbocycles. The monoisotopic (exact) mass is 312 g/mol. The highest BCUT2D eigenvalue weighted by Gasteiger charge is 2.25. The minimum Gasteiger partial charge on any atom is -0.272 e. The summed E-state index contributed by atoms with van der Waals surface area (Å²) in [5.41, 5.74) is 1.44. The van der Waals surface area contributed by atoms with Crippen molar-refractivity contribution in [3.8, 4) is 0 Å². The maximum absolute atomic E-state index is 13.3. The summed E-state index contributed by atoms with van der Waals surface area (Å²) in [6.45, 7) is 0. The SMILES string of the molecule is Fc1c(F)c(F)c(N/N=C\C=C\c2ccccc2)c(F)c1F. The molecular formula is C15H9F5N2. The lowest BCUT2D eigenvalue weighted by Crippen LogP contribution is -2.06. The molecule has 0 aliphatic heterocycles. The molecule has 22 heavy (non-hydrogen) atoms. The van der Waals surface area contributed by atoms with Crippen molar-refractivity contribution in [3.05, 3.63) is 71.1 Å². The number of benzene rings is 2. The fourth-order valence-electron chi connectivity index (χ4n) is 1.57. The summed E-state index contributed by atoms with van der Waals surface area (Å²) in [6.07, 6.45) is 4.20. The average molecular weight is 312 g/mol. The lowest BCUT2D eigenvalue weighted by Gasteiger charge is -2.06. The van der Waals surface area contributed by atoms with E-state index in [1.165, 1.54) is 6.08 Å². The molecule has 114 valence electrons. The number of nitrogens with zero attached hydrogens (tertiary/aromatic N) is 1. The van der Waals surface area contributed by atoms with Crippen LogP contribution in [0.5, 0.6) is 0 Å². The third kappa shape index (κ3) is 3.30. The van der Waals surface area contributed by atoms with Crippen molar-refractivity contribution in [2.45, 2.75) is 0 Å². The minimum absolute atomic E-state index is 0.852. The molecule has 0 aliphatic rings. The molecule has 0 saturated heterocycles. The van der Waals surface area contributed by atoms with Crippen molar-refractivity contribution < 1.29 is 22.0 Å². The number of rotatable bonds is 4. The third-order valence-electron chi connectivity index (χ3n) is 2.64. The summed E-state index contributed by atoms with van der Waals surface area (Å²) in [5.74, 6) is -10.2. The molecule has 0 fully saturated rings. The van der Waals surface area contributed by atoms with Crippen molar-refractivity contribution in [2.24, 2.45) is 5.10 Å². The van der Waals surface area contributed by atoms with Crippen LogP contribution < -0.4 is 5.43 Å². The van der Waals surface area contributed by atoms with Gasteiger partial charge in [0.15, 0.2) is 23.3 Å². The van der Waals surface area contributed by atoms with E-state index >= 15 is 0 Å². The van der Waals surface area contributed by atoms with Gasteiger partial charge in [-0.25, -0.2) is 22.0 Å². The lowest BCUT2D eigenvalue weighted by atomic mass is 10.2. The van der Waals surface area contributed by atoms with Crippen LogP contribution in [0, 0.1) is 29.1 Å². The van der Waals surface area contributed by atoms with E-state index in [0.717, 1.165) is 11.8 Å².